The van der Waals surface area contributed by atoms with Crippen LogP contribution in [0.4, 0.5) is 0 Å². The summed E-state index contributed by atoms with van der Waals surface area (Å²) in [6.07, 6.45) is 2.28. The maximum absolute atomic E-state index is 9.00. The van der Waals surface area contributed by atoms with Gasteiger partial charge >= 0.3 is 0 Å². The van der Waals surface area contributed by atoms with Crippen LogP contribution < -0.4 is 0 Å². The Hall–Kier alpha value is -1.49. The first-order valence-corrected chi connectivity index (χ1v) is 5.42. The smallest absolute Gasteiger partial charge is 0.300 e. The van der Waals surface area contributed by atoms with E-state index >= 15 is 0 Å². The minimum atomic E-state index is -0.833. The molecule has 0 heterocycles. The molecule has 0 aromatic heterocycles. The minimum Gasteiger partial charge on any atom is -0.481 e. The second kappa shape index (κ2) is 49.9. The Bertz CT molecular complexity index is 190. The van der Waals surface area contributed by atoms with Crippen LogP contribution in [0.5, 0.6) is 0 Å². The van der Waals surface area contributed by atoms with Crippen LogP contribution in [-0.2, 0) is 40.9 Å². The van der Waals surface area contributed by atoms with Crippen molar-refractivity contribution < 1.29 is 72.3 Å². The molecule has 0 aliphatic carbocycles. The maximum atomic E-state index is 9.00. The fourth-order valence-electron chi connectivity index (χ4n) is 0. The summed E-state index contributed by atoms with van der Waals surface area (Å²) in [5.41, 5.74) is 0. The van der Waals surface area contributed by atoms with Crippen LogP contribution in [0.2, 0.25) is 0 Å². The van der Waals surface area contributed by atoms with Gasteiger partial charge in [0.2, 0.25) is 0 Å². The largest absolute Gasteiger partial charge is 0.481 e. The SMILES string of the molecule is CC(=O)O.CC(=O)O.CC(=O)O.CC(=O)O.O.O.[CH2-]CCC.[Ti]. The van der Waals surface area contributed by atoms with E-state index in [1.807, 2.05) is 0 Å². The van der Waals surface area contributed by atoms with Crippen LogP contribution in [0, 0.1) is 6.92 Å². The van der Waals surface area contributed by atoms with Gasteiger partial charge in [0.1, 0.15) is 0 Å². The van der Waals surface area contributed by atoms with E-state index in [1.54, 1.807) is 0 Å². The van der Waals surface area contributed by atoms with Crippen LogP contribution >= 0.6 is 0 Å². The van der Waals surface area contributed by atoms with Crippen molar-refractivity contribution in [3.63, 3.8) is 0 Å². The zero-order chi connectivity index (χ0) is 17.7. The number of unbranched alkanes of at least 4 members (excludes halogenated alkanes) is 1. The van der Waals surface area contributed by atoms with E-state index in [2.05, 4.69) is 13.8 Å². The predicted octanol–water partition coefficient (Wildman–Crippen LogP) is 0.332. The average Bonchev–Trinajstić information content (AvgIpc) is 2.13. The molecule has 142 valence electrons. The molecule has 0 amide bonds. The molecule has 0 aliphatic heterocycles. The quantitative estimate of drug-likeness (QED) is 0.366. The molecule has 0 atom stereocenters. The molecule has 0 spiro atoms. The van der Waals surface area contributed by atoms with E-state index in [1.165, 1.54) is 6.42 Å². The van der Waals surface area contributed by atoms with Gasteiger partial charge in [-0.15, -0.1) is 0 Å². The van der Waals surface area contributed by atoms with E-state index in [4.69, 9.17) is 39.6 Å². The molecule has 8 N–H and O–H groups in total. The fraction of sp³-hybridized carbons (Fsp3) is 0.583. The minimum absolute atomic E-state index is 0. The van der Waals surface area contributed by atoms with Crippen molar-refractivity contribution in [2.45, 2.75) is 47.5 Å². The van der Waals surface area contributed by atoms with E-state index in [9.17, 15) is 0 Å². The first-order chi connectivity index (χ1) is 8.84. The van der Waals surface area contributed by atoms with Crippen LogP contribution in [0.25, 0.3) is 0 Å². The van der Waals surface area contributed by atoms with Gasteiger partial charge < -0.3 is 38.3 Å². The molecule has 0 saturated carbocycles. The maximum Gasteiger partial charge on any atom is 0.300 e. The number of carbonyl (C=O) groups is 4. The normalized spacial score (nSPS) is 5.65. The van der Waals surface area contributed by atoms with Crippen LogP contribution in [0.15, 0.2) is 0 Å². The van der Waals surface area contributed by atoms with Crippen molar-refractivity contribution >= 4 is 23.9 Å². The third-order valence-electron chi connectivity index (χ3n) is 0.354. The Morgan fingerprint density at radius 3 is 0.739 bits per heavy atom. The molecule has 0 rings (SSSR count). The van der Waals surface area contributed by atoms with Gasteiger partial charge in [-0.2, -0.15) is 6.42 Å². The zero-order valence-corrected chi connectivity index (χ0v) is 15.6. The van der Waals surface area contributed by atoms with Crippen molar-refractivity contribution in [1.29, 1.82) is 0 Å². The predicted molar refractivity (Wildman–Crippen MR) is 80.7 cm³/mol. The van der Waals surface area contributed by atoms with Crippen molar-refractivity contribution in [1.82, 2.24) is 0 Å². The Morgan fingerprint density at radius 2 is 0.739 bits per heavy atom. The third kappa shape index (κ3) is 29800. The van der Waals surface area contributed by atoms with Crippen molar-refractivity contribution in [2.24, 2.45) is 0 Å². The molecule has 0 saturated heterocycles. The Balaban J connectivity index is -0.0000000197. The molecule has 0 aromatic carbocycles. The Kier molecular flexibility index (Phi) is 108. The van der Waals surface area contributed by atoms with Crippen molar-refractivity contribution in [3.8, 4) is 0 Å². The van der Waals surface area contributed by atoms with E-state index in [0.29, 0.717) is 0 Å². The molecular formula is C12H29O10Ti-. The fourth-order valence-corrected chi connectivity index (χ4v) is 0. The summed E-state index contributed by atoms with van der Waals surface area (Å²) in [4.78, 5) is 36.0. The van der Waals surface area contributed by atoms with Crippen molar-refractivity contribution in [3.05, 3.63) is 6.92 Å². The summed E-state index contributed by atoms with van der Waals surface area (Å²) in [5.74, 6) is -3.33. The number of carboxylic acid groups (broad SMARTS) is 4. The first kappa shape index (κ1) is 49.6. The molecular weight excluding hydrogens is 352 g/mol. The van der Waals surface area contributed by atoms with E-state index in [0.717, 1.165) is 34.1 Å². The summed E-state index contributed by atoms with van der Waals surface area (Å²) in [6, 6.07) is 0. The summed E-state index contributed by atoms with van der Waals surface area (Å²) >= 11 is 0. The van der Waals surface area contributed by atoms with Gasteiger partial charge in [-0.3, -0.25) is 19.2 Å². The number of carboxylic acids is 4. The van der Waals surface area contributed by atoms with Crippen LogP contribution in [0.1, 0.15) is 47.5 Å². The Labute approximate surface area is 151 Å². The number of hydrogen-bond acceptors (Lipinski definition) is 4. The second-order valence-electron chi connectivity index (χ2n) is 2.93. The van der Waals surface area contributed by atoms with Crippen LogP contribution in [-0.4, -0.2) is 55.3 Å². The summed E-state index contributed by atoms with van der Waals surface area (Å²) in [5, 5.41) is 29.7. The van der Waals surface area contributed by atoms with Gasteiger partial charge in [0, 0.05) is 49.4 Å². The van der Waals surface area contributed by atoms with Crippen molar-refractivity contribution in [2.75, 3.05) is 0 Å². The van der Waals surface area contributed by atoms with Gasteiger partial charge in [0.25, 0.3) is 23.9 Å². The third-order valence-corrected chi connectivity index (χ3v) is 0.354. The zero-order valence-electron chi connectivity index (χ0n) is 14.0. The Morgan fingerprint density at radius 1 is 0.696 bits per heavy atom. The summed E-state index contributed by atoms with van der Waals surface area (Å²) in [6.45, 7) is 10.1. The molecule has 23 heavy (non-hydrogen) atoms. The van der Waals surface area contributed by atoms with Gasteiger partial charge in [0.05, 0.1) is 0 Å². The molecule has 0 radical (unpaired) electrons. The summed E-state index contributed by atoms with van der Waals surface area (Å²) in [7, 11) is 0. The number of hydrogen-bond donors (Lipinski definition) is 4. The van der Waals surface area contributed by atoms with Crippen LogP contribution in [0.3, 0.4) is 0 Å². The van der Waals surface area contributed by atoms with Gasteiger partial charge in [-0.25, -0.2) is 0 Å². The molecule has 0 fully saturated rings. The van der Waals surface area contributed by atoms with Gasteiger partial charge in [0.15, 0.2) is 0 Å². The van der Waals surface area contributed by atoms with Gasteiger partial charge in [-0.1, -0.05) is 13.3 Å². The molecule has 11 heteroatoms. The topological polar surface area (TPSA) is 212 Å². The first-order valence-electron chi connectivity index (χ1n) is 5.42. The molecule has 0 aromatic rings. The molecule has 0 unspecified atom stereocenters. The van der Waals surface area contributed by atoms with E-state index in [-0.39, 0.29) is 32.7 Å². The standard InChI is InChI=1S/C4H9.4C2H4O2.2H2O.Ti/c1-3-4-2;4*1-2(3)4;;;/h1,3-4H2,2H3;4*1H3,(H,3,4);2*1H2;/q-1;;;;;;;. The average molecular weight is 381 g/mol. The second-order valence-corrected chi connectivity index (χ2v) is 2.93. The van der Waals surface area contributed by atoms with Gasteiger partial charge in [-0.05, 0) is 0 Å². The molecule has 0 aliphatic rings. The number of rotatable bonds is 1. The summed E-state index contributed by atoms with van der Waals surface area (Å²) < 4.78 is 0. The monoisotopic (exact) mass is 381 g/mol. The van der Waals surface area contributed by atoms with E-state index < -0.39 is 23.9 Å². The number of aliphatic carboxylic acids is 4. The molecule has 10 nitrogen and oxygen atoms in total. The molecule has 0 bridgehead atoms.